The maximum absolute atomic E-state index is 11.6. The van der Waals surface area contributed by atoms with Crippen LogP contribution in [0.15, 0.2) is 0 Å². The largest absolute Gasteiger partial charge is 0.467 e. The van der Waals surface area contributed by atoms with Gasteiger partial charge in [-0.25, -0.2) is 4.79 Å². The first-order chi connectivity index (χ1) is 6.82. The van der Waals surface area contributed by atoms with Gasteiger partial charge in [-0.3, -0.25) is 0 Å². The molecule has 15 heavy (non-hydrogen) atoms. The van der Waals surface area contributed by atoms with Gasteiger partial charge in [-0.1, -0.05) is 20.8 Å². The van der Waals surface area contributed by atoms with Crippen molar-refractivity contribution < 1.29 is 19.4 Å². The van der Waals surface area contributed by atoms with E-state index in [-0.39, 0.29) is 17.9 Å². The number of carbonyl (C=O) groups excluding carboxylic acids is 1. The average molecular weight is 218 g/mol. The Morgan fingerprint density at radius 2 is 1.67 bits per heavy atom. The number of ether oxygens (including phenoxy) is 2. The Hall–Kier alpha value is -0.610. The van der Waals surface area contributed by atoms with E-state index in [2.05, 4.69) is 4.74 Å². The summed E-state index contributed by atoms with van der Waals surface area (Å²) < 4.78 is 9.78. The first kappa shape index (κ1) is 14.4. The molecular formula is C11H22O4. The maximum Gasteiger partial charge on any atom is 0.338 e. The zero-order valence-electron chi connectivity index (χ0n) is 10.4. The van der Waals surface area contributed by atoms with Gasteiger partial charge in [0.2, 0.25) is 0 Å². The summed E-state index contributed by atoms with van der Waals surface area (Å²) in [6, 6.07) is 0. The zero-order chi connectivity index (χ0) is 12.2. The lowest BCUT2D eigenvalue weighted by Crippen LogP contribution is -2.53. The monoisotopic (exact) mass is 218 g/mol. The normalized spacial score (nSPS) is 19.5. The molecule has 0 saturated heterocycles. The van der Waals surface area contributed by atoms with Crippen molar-refractivity contribution in [2.45, 2.75) is 39.4 Å². The molecule has 0 amide bonds. The highest BCUT2D eigenvalue weighted by atomic mass is 16.5. The third kappa shape index (κ3) is 2.69. The molecule has 0 rings (SSSR count). The Labute approximate surface area is 91.6 Å². The number of hydrogen-bond donors (Lipinski definition) is 1. The second-order valence-electron chi connectivity index (χ2n) is 4.20. The van der Waals surface area contributed by atoms with E-state index in [0.717, 1.165) is 0 Å². The van der Waals surface area contributed by atoms with Crippen molar-refractivity contribution in [3.05, 3.63) is 0 Å². The summed E-state index contributed by atoms with van der Waals surface area (Å²) >= 11 is 0. The fraction of sp³-hybridized carbons (Fsp3) is 0.909. The van der Waals surface area contributed by atoms with Gasteiger partial charge in [-0.05, 0) is 12.8 Å². The van der Waals surface area contributed by atoms with E-state index in [1.807, 2.05) is 6.92 Å². The van der Waals surface area contributed by atoms with Crippen LogP contribution in [0.2, 0.25) is 0 Å². The quantitative estimate of drug-likeness (QED) is 0.705. The van der Waals surface area contributed by atoms with E-state index in [1.54, 1.807) is 27.9 Å². The van der Waals surface area contributed by atoms with Crippen LogP contribution in [0.4, 0.5) is 0 Å². The van der Waals surface area contributed by atoms with Gasteiger partial charge in [-0.2, -0.15) is 0 Å². The number of rotatable bonds is 5. The van der Waals surface area contributed by atoms with Gasteiger partial charge in [0.1, 0.15) is 0 Å². The highest BCUT2D eigenvalue weighted by molar-refractivity contribution is 5.80. The molecule has 0 radical (unpaired) electrons. The molecular weight excluding hydrogens is 196 g/mol. The number of methoxy groups -OCH3 is 2. The first-order valence-electron chi connectivity index (χ1n) is 5.15. The second kappa shape index (κ2) is 5.47. The zero-order valence-corrected chi connectivity index (χ0v) is 10.4. The maximum atomic E-state index is 11.6. The summed E-state index contributed by atoms with van der Waals surface area (Å²) in [6.07, 6.45) is -0.212. The molecule has 0 aliphatic carbocycles. The Balaban J connectivity index is 5.02. The predicted molar refractivity (Wildman–Crippen MR) is 57.4 cm³/mol. The van der Waals surface area contributed by atoms with Crippen molar-refractivity contribution in [3.8, 4) is 0 Å². The smallest absolute Gasteiger partial charge is 0.338 e. The molecule has 90 valence electrons. The number of carbonyl (C=O) groups is 1. The molecule has 4 heteroatoms. The molecule has 1 N–H and O–H groups in total. The Bertz CT molecular complexity index is 215. The van der Waals surface area contributed by atoms with E-state index in [1.165, 1.54) is 7.11 Å². The third-order valence-corrected chi connectivity index (χ3v) is 3.16. The summed E-state index contributed by atoms with van der Waals surface area (Å²) in [4.78, 5) is 11.6. The SMILES string of the molecule is COC(=O)C(O)(C(C)C)C(C)C(C)OC. The van der Waals surface area contributed by atoms with Crippen LogP contribution in [0, 0.1) is 11.8 Å². The minimum absolute atomic E-state index is 0.212. The fourth-order valence-electron chi connectivity index (χ4n) is 1.67. The number of aliphatic hydroxyl groups is 1. The van der Waals surface area contributed by atoms with E-state index in [0.29, 0.717) is 0 Å². The van der Waals surface area contributed by atoms with Crippen LogP contribution in [0.3, 0.4) is 0 Å². The summed E-state index contributed by atoms with van der Waals surface area (Å²) in [5.74, 6) is -1.15. The highest BCUT2D eigenvalue weighted by Gasteiger charge is 2.47. The number of hydrogen-bond acceptors (Lipinski definition) is 4. The molecule has 0 aliphatic rings. The molecule has 0 heterocycles. The molecule has 4 nitrogen and oxygen atoms in total. The van der Waals surface area contributed by atoms with Crippen LogP contribution in [0.1, 0.15) is 27.7 Å². The Morgan fingerprint density at radius 1 is 1.20 bits per heavy atom. The minimum atomic E-state index is -1.50. The summed E-state index contributed by atoms with van der Waals surface area (Å²) in [6.45, 7) is 7.18. The van der Waals surface area contributed by atoms with Crippen molar-refractivity contribution >= 4 is 5.97 Å². The average Bonchev–Trinajstić information content (AvgIpc) is 2.24. The van der Waals surface area contributed by atoms with Gasteiger partial charge in [-0.15, -0.1) is 0 Å². The van der Waals surface area contributed by atoms with E-state index in [4.69, 9.17) is 4.74 Å². The predicted octanol–water partition coefficient (Wildman–Crippen LogP) is 1.22. The molecule has 3 atom stereocenters. The lowest BCUT2D eigenvalue weighted by molar-refractivity contribution is -0.181. The van der Waals surface area contributed by atoms with Crippen LogP contribution in [-0.2, 0) is 14.3 Å². The molecule has 0 aromatic heterocycles. The van der Waals surface area contributed by atoms with Crippen molar-refractivity contribution in [1.82, 2.24) is 0 Å². The first-order valence-corrected chi connectivity index (χ1v) is 5.15. The summed E-state index contributed by atoms with van der Waals surface area (Å²) in [5.41, 5.74) is -1.50. The van der Waals surface area contributed by atoms with Crippen molar-refractivity contribution in [2.24, 2.45) is 11.8 Å². The van der Waals surface area contributed by atoms with Crippen molar-refractivity contribution in [2.75, 3.05) is 14.2 Å². The topological polar surface area (TPSA) is 55.8 Å². The molecule has 0 bridgehead atoms. The molecule has 0 aromatic carbocycles. The molecule has 0 fully saturated rings. The third-order valence-electron chi connectivity index (χ3n) is 3.16. The van der Waals surface area contributed by atoms with Gasteiger partial charge in [0, 0.05) is 13.0 Å². The number of esters is 1. The molecule has 0 spiro atoms. The van der Waals surface area contributed by atoms with Gasteiger partial charge in [0.25, 0.3) is 0 Å². The van der Waals surface area contributed by atoms with Gasteiger partial charge in [0.05, 0.1) is 13.2 Å². The van der Waals surface area contributed by atoms with Crippen LogP contribution in [0.5, 0.6) is 0 Å². The minimum Gasteiger partial charge on any atom is -0.467 e. The molecule has 0 saturated carbocycles. The summed E-state index contributed by atoms with van der Waals surface area (Å²) in [5, 5.41) is 10.4. The van der Waals surface area contributed by atoms with Gasteiger partial charge < -0.3 is 14.6 Å². The van der Waals surface area contributed by atoms with Gasteiger partial charge in [0.15, 0.2) is 5.60 Å². The van der Waals surface area contributed by atoms with Crippen molar-refractivity contribution in [3.63, 3.8) is 0 Å². The molecule has 0 aliphatic heterocycles. The standard InChI is InChI=1S/C11H22O4/c1-7(2)11(13,10(12)15-6)8(3)9(4)14-5/h7-9,13H,1-6H3. The van der Waals surface area contributed by atoms with Crippen LogP contribution < -0.4 is 0 Å². The highest BCUT2D eigenvalue weighted by Crippen LogP contribution is 2.30. The Morgan fingerprint density at radius 3 is 1.93 bits per heavy atom. The summed E-state index contributed by atoms with van der Waals surface area (Å²) in [7, 11) is 2.83. The molecule has 0 aromatic rings. The van der Waals surface area contributed by atoms with Crippen LogP contribution >= 0.6 is 0 Å². The Kier molecular flexibility index (Phi) is 5.24. The van der Waals surface area contributed by atoms with Gasteiger partial charge >= 0.3 is 5.97 Å². The van der Waals surface area contributed by atoms with E-state index in [9.17, 15) is 9.90 Å². The lowest BCUT2D eigenvalue weighted by Gasteiger charge is -2.37. The lowest BCUT2D eigenvalue weighted by atomic mass is 9.77. The van der Waals surface area contributed by atoms with Crippen molar-refractivity contribution in [1.29, 1.82) is 0 Å². The van der Waals surface area contributed by atoms with E-state index < -0.39 is 11.6 Å². The van der Waals surface area contributed by atoms with E-state index >= 15 is 0 Å². The fourth-order valence-corrected chi connectivity index (χ4v) is 1.67. The second-order valence-corrected chi connectivity index (χ2v) is 4.20. The van der Waals surface area contributed by atoms with Crippen LogP contribution in [-0.4, -0.2) is 37.0 Å². The van der Waals surface area contributed by atoms with Crippen LogP contribution in [0.25, 0.3) is 0 Å². The molecule has 3 unspecified atom stereocenters.